The second kappa shape index (κ2) is 7.26. The van der Waals surface area contributed by atoms with Crippen LogP contribution in [0, 0.1) is 5.92 Å². The molecule has 0 spiro atoms. The predicted molar refractivity (Wildman–Crippen MR) is 73.3 cm³/mol. The van der Waals surface area contributed by atoms with Crippen molar-refractivity contribution >= 4 is 5.97 Å². The van der Waals surface area contributed by atoms with E-state index in [9.17, 15) is 4.79 Å². The van der Waals surface area contributed by atoms with E-state index < -0.39 is 5.97 Å². The first-order valence-electron chi connectivity index (χ1n) is 6.86. The van der Waals surface area contributed by atoms with Crippen molar-refractivity contribution in [1.82, 2.24) is 5.32 Å². The lowest BCUT2D eigenvalue weighted by atomic mass is 9.97. The fourth-order valence-corrected chi connectivity index (χ4v) is 2.35. The topological polar surface area (TPSA) is 58.6 Å². The second-order valence-corrected chi connectivity index (χ2v) is 5.06. The Morgan fingerprint density at radius 1 is 1.37 bits per heavy atom. The van der Waals surface area contributed by atoms with Crippen molar-refractivity contribution in [2.75, 3.05) is 19.7 Å². The molecule has 4 heteroatoms. The zero-order chi connectivity index (χ0) is 13.5. The smallest absolute Gasteiger partial charge is 0.335 e. The third-order valence-electron chi connectivity index (χ3n) is 3.54. The van der Waals surface area contributed by atoms with Crippen LogP contribution in [0.1, 0.15) is 35.2 Å². The van der Waals surface area contributed by atoms with E-state index in [2.05, 4.69) is 5.32 Å². The number of hydrogen-bond donors (Lipinski definition) is 2. The molecule has 1 heterocycles. The van der Waals surface area contributed by atoms with Gasteiger partial charge < -0.3 is 15.2 Å². The average Bonchev–Trinajstić information content (AvgIpc) is 2.45. The van der Waals surface area contributed by atoms with Crippen molar-refractivity contribution in [3.8, 4) is 0 Å². The molecule has 2 N–H and O–H groups in total. The standard InChI is InChI=1S/C15H21NO3/c17-15(18)14-5-3-13(4-6-14)11-19-9-7-12-2-1-8-16-10-12/h3-6,12,16H,1-2,7-11H2,(H,17,18). The molecule has 1 saturated heterocycles. The zero-order valence-corrected chi connectivity index (χ0v) is 11.1. The van der Waals surface area contributed by atoms with E-state index in [-0.39, 0.29) is 0 Å². The van der Waals surface area contributed by atoms with Gasteiger partial charge in [0.1, 0.15) is 0 Å². The first kappa shape index (κ1) is 14.0. The Balaban J connectivity index is 1.66. The molecule has 104 valence electrons. The van der Waals surface area contributed by atoms with Crippen molar-refractivity contribution in [2.45, 2.75) is 25.9 Å². The van der Waals surface area contributed by atoms with E-state index in [1.807, 2.05) is 12.1 Å². The number of carboxylic acids is 1. The lowest BCUT2D eigenvalue weighted by molar-refractivity contribution is 0.0696. The van der Waals surface area contributed by atoms with Gasteiger partial charge in [0.15, 0.2) is 0 Å². The molecule has 1 aromatic rings. The molecule has 4 nitrogen and oxygen atoms in total. The van der Waals surface area contributed by atoms with E-state index in [4.69, 9.17) is 9.84 Å². The van der Waals surface area contributed by atoms with Gasteiger partial charge >= 0.3 is 5.97 Å². The summed E-state index contributed by atoms with van der Waals surface area (Å²) in [6.07, 6.45) is 3.66. The van der Waals surface area contributed by atoms with E-state index in [1.165, 1.54) is 12.8 Å². The van der Waals surface area contributed by atoms with Gasteiger partial charge in [-0.25, -0.2) is 4.79 Å². The number of piperidine rings is 1. The molecule has 0 aliphatic carbocycles. The summed E-state index contributed by atoms with van der Waals surface area (Å²) in [7, 11) is 0. The van der Waals surface area contributed by atoms with Crippen molar-refractivity contribution in [3.05, 3.63) is 35.4 Å². The molecule has 0 aromatic heterocycles. The maximum atomic E-state index is 10.7. The summed E-state index contributed by atoms with van der Waals surface area (Å²) < 4.78 is 5.65. The third-order valence-corrected chi connectivity index (χ3v) is 3.54. The van der Waals surface area contributed by atoms with Crippen LogP contribution in [0.5, 0.6) is 0 Å². The van der Waals surface area contributed by atoms with Crippen LogP contribution in [-0.2, 0) is 11.3 Å². The Hall–Kier alpha value is -1.39. The minimum atomic E-state index is -0.891. The van der Waals surface area contributed by atoms with Gasteiger partial charge in [-0.05, 0) is 56.0 Å². The lowest BCUT2D eigenvalue weighted by Gasteiger charge is -2.22. The van der Waals surface area contributed by atoms with Crippen LogP contribution in [0.4, 0.5) is 0 Å². The molecule has 0 radical (unpaired) electrons. The number of benzene rings is 1. The normalized spacial score (nSPS) is 19.3. The molecule has 0 amide bonds. The Kier molecular flexibility index (Phi) is 5.36. The predicted octanol–water partition coefficient (Wildman–Crippen LogP) is 2.29. The third kappa shape index (κ3) is 4.65. The minimum absolute atomic E-state index is 0.317. The highest BCUT2D eigenvalue weighted by atomic mass is 16.5. The van der Waals surface area contributed by atoms with E-state index in [0.29, 0.717) is 12.2 Å². The number of carboxylic acid groups (broad SMARTS) is 1. The maximum absolute atomic E-state index is 10.7. The largest absolute Gasteiger partial charge is 0.478 e. The van der Waals surface area contributed by atoms with Gasteiger partial charge in [0.05, 0.1) is 12.2 Å². The highest BCUT2D eigenvalue weighted by molar-refractivity contribution is 5.87. The molecular weight excluding hydrogens is 242 g/mol. The molecule has 1 atom stereocenters. The van der Waals surface area contributed by atoms with E-state index >= 15 is 0 Å². The van der Waals surface area contributed by atoms with Crippen LogP contribution in [0.15, 0.2) is 24.3 Å². The Bertz CT molecular complexity index is 396. The number of carbonyl (C=O) groups is 1. The molecule has 1 fully saturated rings. The van der Waals surface area contributed by atoms with Gasteiger partial charge in [-0.1, -0.05) is 12.1 Å². The van der Waals surface area contributed by atoms with Crippen LogP contribution < -0.4 is 5.32 Å². The fourth-order valence-electron chi connectivity index (χ4n) is 2.35. The van der Waals surface area contributed by atoms with Crippen LogP contribution in [0.3, 0.4) is 0 Å². The number of hydrogen-bond acceptors (Lipinski definition) is 3. The molecule has 1 unspecified atom stereocenters. The Morgan fingerprint density at radius 3 is 2.79 bits per heavy atom. The number of ether oxygens (including phenoxy) is 1. The molecule has 19 heavy (non-hydrogen) atoms. The van der Waals surface area contributed by atoms with Gasteiger partial charge in [0.25, 0.3) is 0 Å². The van der Waals surface area contributed by atoms with Gasteiger partial charge in [-0.2, -0.15) is 0 Å². The molecule has 2 rings (SSSR count). The van der Waals surface area contributed by atoms with Gasteiger partial charge in [-0.15, -0.1) is 0 Å². The first-order chi connectivity index (χ1) is 9.25. The Morgan fingerprint density at radius 2 is 2.16 bits per heavy atom. The summed E-state index contributed by atoms with van der Waals surface area (Å²) in [4.78, 5) is 10.7. The monoisotopic (exact) mass is 263 g/mol. The highest BCUT2D eigenvalue weighted by Gasteiger charge is 2.12. The summed E-state index contributed by atoms with van der Waals surface area (Å²) in [5, 5.41) is 12.2. The van der Waals surface area contributed by atoms with Gasteiger partial charge in [0, 0.05) is 6.61 Å². The van der Waals surface area contributed by atoms with Crippen LogP contribution in [0.2, 0.25) is 0 Å². The number of aromatic carboxylic acids is 1. The summed E-state index contributed by atoms with van der Waals surface area (Å²) in [6, 6.07) is 6.86. The first-order valence-corrected chi connectivity index (χ1v) is 6.86. The molecule has 0 bridgehead atoms. The average molecular weight is 263 g/mol. The summed E-state index contributed by atoms with van der Waals surface area (Å²) in [5.74, 6) is -0.152. The fraction of sp³-hybridized carbons (Fsp3) is 0.533. The lowest BCUT2D eigenvalue weighted by Crippen LogP contribution is -2.30. The minimum Gasteiger partial charge on any atom is -0.478 e. The van der Waals surface area contributed by atoms with Crippen LogP contribution >= 0.6 is 0 Å². The van der Waals surface area contributed by atoms with Crippen molar-refractivity contribution in [1.29, 1.82) is 0 Å². The molecule has 1 aliphatic rings. The maximum Gasteiger partial charge on any atom is 0.335 e. The SMILES string of the molecule is O=C(O)c1ccc(COCCC2CCCNC2)cc1. The summed E-state index contributed by atoms with van der Waals surface area (Å²) >= 11 is 0. The number of nitrogens with one attached hydrogen (secondary N) is 1. The molecule has 1 aliphatic heterocycles. The quantitative estimate of drug-likeness (QED) is 0.773. The van der Waals surface area contributed by atoms with Gasteiger partial charge in [0.2, 0.25) is 0 Å². The molecule has 1 aromatic carbocycles. The highest BCUT2D eigenvalue weighted by Crippen LogP contribution is 2.14. The number of rotatable bonds is 6. The van der Waals surface area contributed by atoms with Gasteiger partial charge in [-0.3, -0.25) is 0 Å². The van der Waals surface area contributed by atoms with E-state index in [0.717, 1.165) is 37.6 Å². The summed E-state index contributed by atoms with van der Waals surface area (Å²) in [6.45, 7) is 3.58. The zero-order valence-electron chi connectivity index (χ0n) is 11.1. The van der Waals surface area contributed by atoms with E-state index in [1.54, 1.807) is 12.1 Å². The van der Waals surface area contributed by atoms with Crippen molar-refractivity contribution in [2.24, 2.45) is 5.92 Å². The van der Waals surface area contributed by atoms with Crippen LogP contribution in [0.25, 0.3) is 0 Å². The molecule has 0 saturated carbocycles. The van der Waals surface area contributed by atoms with Crippen molar-refractivity contribution in [3.63, 3.8) is 0 Å². The van der Waals surface area contributed by atoms with Crippen molar-refractivity contribution < 1.29 is 14.6 Å². The summed E-state index contributed by atoms with van der Waals surface area (Å²) in [5.41, 5.74) is 1.34. The van der Waals surface area contributed by atoms with Crippen LogP contribution in [-0.4, -0.2) is 30.8 Å². The molecular formula is C15H21NO3. The second-order valence-electron chi connectivity index (χ2n) is 5.06. The Labute approximate surface area is 113 Å².